The van der Waals surface area contributed by atoms with E-state index in [1.54, 1.807) is 12.5 Å². The fourth-order valence-corrected chi connectivity index (χ4v) is 1.41. The van der Waals surface area contributed by atoms with Crippen molar-refractivity contribution >= 4 is 23.2 Å². The van der Waals surface area contributed by atoms with Gasteiger partial charge in [0, 0.05) is 24.9 Å². The van der Waals surface area contributed by atoms with Crippen LogP contribution in [0.5, 0.6) is 0 Å². The molecule has 0 aliphatic carbocycles. The lowest BCUT2D eigenvalue weighted by molar-refractivity contribution is 0.965. The molecule has 0 fully saturated rings. The monoisotopic (exact) mass is 238 g/mol. The first-order chi connectivity index (χ1) is 7.77. The number of nitrogens with two attached hydrogens (primary N) is 1. The van der Waals surface area contributed by atoms with Gasteiger partial charge in [0.25, 0.3) is 0 Å². The van der Waals surface area contributed by atoms with Gasteiger partial charge in [0.15, 0.2) is 0 Å². The van der Waals surface area contributed by atoms with Crippen molar-refractivity contribution in [1.82, 2.24) is 19.9 Å². The molecule has 0 bridgehead atoms. The van der Waals surface area contributed by atoms with Crippen molar-refractivity contribution < 1.29 is 0 Å². The van der Waals surface area contributed by atoms with Gasteiger partial charge in [-0.1, -0.05) is 11.6 Å². The molecular formula is C9H11ClN6. The van der Waals surface area contributed by atoms with Crippen LogP contribution in [0, 0.1) is 0 Å². The Bertz CT molecular complexity index is 455. The molecule has 0 amide bonds. The lowest BCUT2D eigenvalue weighted by Crippen LogP contribution is -2.08. The minimum atomic E-state index is 0.278. The van der Waals surface area contributed by atoms with Crippen molar-refractivity contribution in [2.24, 2.45) is 0 Å². The maximum Gasteiger partial charge on any atom is 0.150 e. The fourth-order valence-electron chi connectivity index (χ4n) is 1.24. The highest BCUT2D eigenvalue weighted by Crippen LogP contribution is 2.22. The molecule has 0 atom stereocenters. The molecule has 0 aromatic carbocycles. The Labute approximate surface area is 97.3 Å². The lowest BCUT2D eigenvalue weighted by Gasteiger charge is -2.06. The Hall–Kier alpha value is -1.82. The molecule has 4 N–H and O–H groups in total. The highest BCUT2D eigenvalue weighted by Gasteiger charge is 2.05. The van der Waals surface area contributed by atoms with Crippen molar-refractivity contribution in [3.05, 3.63) is 29.6 Å². The van der Waals surface area contributed by atoms with Gasteiger partial charge in [0.05, 0.1) is 6.33 Å². The third kappa shape index (κ3) is 2.40. The van der Waals surface area contributed by atoms with E-state index in [1.165, 1.54) is 6.33 Å². The molecule has 2 aromatic heterocycles. The predicted molar refractivity (Wildman–Crippen MR) is 62.2 cm³/mol. The van der Waals surface area contributed by atoms with Gasteiger partial charge in [0.2, 0.25) is 0 Å². The summed E-state index contributed by atoms with van der Waals surface area (Å²) in [5.41, 5.74) is 6.59. The molecule has 0 spiro atoms. The Kier molecular flexibility index (Phi) is 3.21. The number of H-pyrrole nitrogens is 1. The van der Waals surface area contributed by atoms with Gasteiger partial charge in [-0.05, 0) is 0 Å². The summed E-state index contributed by atoms with van der Waals surface area (Å²) < 4.78 is 0. The van der Waals surface area contributed by atoms with Gasteiger partial charge in [0.1, 0.15) is 23.0 Å². The number of aromatic nitrogens is 4. The van der Waals surface area contributed by atoms with Crippen LogP contribution in [0.3, 0.4) is 0 Å². The number of anilines is 2. The van der Waals surface area contributed by atoms with Gasteiger partial charge < -0.3 is 16.0 Å². The minimum absolute atomic E-state index is 0.278. The number of imidazole rings is 1. The van der Waals surface area contributed by atoms with E-state index in [4.69, 9.17) is 17.3 Å². The second-order valence-corrected chi connectivity index (χ2v) is 3.55. The van der Waals surface area contributed by atoms with Crippen LogP contribution in [0.4, 0.5) is 11.6 Å². The number of nitrogens with one attached hydrogen (secondary N) is 2. The van der Waals surface area contributed by atoms with E-state index < -0.39 is 0 Å². The topological polar surface area (TPSA) is 92.5 Å². The lowest BCUT2D eigenvalue weighted by atomic mass is 10.3. The number of rotatable bonds is 4. The number of hydrogen-bond acceptors (Lipinski definition) is 5. The molecular weight excluding hydrogens is 228 g/mol. The number of halogens is 1. The average Bonchev–Trinajstić information content (AvgIpc) is 2.77. The predicted octanol–water partition coefficient (Wildman–Crippen LogP) is 1.09. The normalized spacial score (nSPS) is 10.3. The van der Waals surface area contributed by atoms with E-state index in [2.05, 4.69) is 25.3 Å². The molecule has 0 radical (unpaired) electrons. The van der Waals surface area contributed by atoms with Crippen molar-refractivity contribution in [3.8, 4) is 0 Å². The summed E-state index contributed by atoms with van der Waals surface area (Å²) in [6.07, 6.45) is 5.60. The first kappa shape index (κ1) is 10.7. The largest absolute Gasteiger partial charge is 0.382 e. The molecule has 2 aromatic rings. The first-order valence-electron chi connectivity index (χ1n) is 4.74. The molecule has 16 heavy (non-hydrogen) atoms. The van der Waals surface area contributed by atoms with Gasteiger partial charge in [-0.2, -0.15) is 0 Å². The number of hydrogen-bond donors (Lipinski definition) is 3. The Balaban J connectivity index is 1.92. The van der Waals surface area contributed by atoms with Crippen LogP contribution in [0.1, 0.15) is 5.69 Å². The molecule has 6 nitrogen and oxygen atoms in total. The fraction of sp³-hybridized carbons (Fsp3) is 0.222. The molecule has 7 heteroatoms. The zero-order valence-electron chi connectivity index (χ0n) is 8.44. The van der Waals surface area contributed by atoms with Gasteiger partial charge in [-0.3, -0.25) is 0 Å². The minimum Gasteiger partial charge on any atom is -0.382 e. The summed E-state index contributed by atoms with van der Waals surface area (Å²) in [6, 6.07) is 0. The molecule has 2 rings (SSSR count). The molecule has 0 saturated carbocycles. The first-order valence-corrected chi connectivity index (χ1v) is 5.12. The summed E-state index contributed by atoms with van der Waals surface area (Å²) in [7, 11) is 0. The molecule has 0 aliphatic rings. The third-order valence-electron chi connectivity index (χ3n) is 2.06. The van der Waals surface area contributed by atoms with Crippen LogP contribution in [0.2, 0.25) is 5.02 Å². The molecule has 84 valence electrons. The zero-order chi connectivity index (χ0) is 11.4. The van der Waals surface area contributed by atoms with Crippen LogP contribution in [0.15, 0.2) is 18.9 Å². The highest BCUT2D eigenvalue weighted by molar-refractivity contribution is 6.35. The van der Waals surface area contributed by atoms with Crippen LogP contribution in [-0.2, 0) is 6.42 Å². The maximum absolute atomic E-state index is 5.92. The third-order valence-corrected chi connectivity index (χ3v) is 2.43. The van der Waals surface area contributed by atoms with E-state index in [0.29, 0.717) is 17.4 Å². The van der Waals surface area contributed by atoms with E-state index in [0.717, 1.165) is 12.1 Å². The smallest absolute Gasteiger partial charge is 0.150 e. The Morgan fingerprint density at radius 3 is 3.06 bits per heavy atom. The Morgan fingerprint density at radius 1 is 1.44 bits per heavy atom. The SMILES string of the molecule is Nc1ncnc(NCCc2cnc[nH]2)c1Cl. The molecule has 0 unspecified atom stereocenters. The van der Waals surface area contributed by atoms with Crippen molar-refractivity contribution in [3.63, 3.8) is 0 Å². The molecule has 2 heterocycles. The van der Waals surface area contributed by atoms with Crippen molar-refractivity contribution in [1.29, 1.82) is 0 Å². The quantitative estimate of drug-likeness (QED) is 0.742. The van der Waals surface area contributed by atoms with Crippen molar-refractivity contribution in [2.45, 2.75) is 6.42 Å². The van der Waals surface area contributed by atoms with Gasteiger partial charge in [-0.15, -0.1) is 0 Å². The number of aromatic amines is 1. The molecule has 0 saturated heterocycles. The summed E-state index contributed by atoms with van der Waals surface area (Å²) in [5.74, 6) is 0.828. The summed E-state index contributed by atoms with van der Waals surface area (Å²) in [6.45, 7) is 0.693. The van der Waals surface area contributed by atoms with Crippen LogP contribution >= 0.6 is 11.6 Å². The standard InChI is InChI=1S/C9H11ClN6/c10-7-8(11)15-5-16-9(7)13-2-1-6-3-12-4-14-6/h3-5H,1-2H2,(H,12,14)(H3,11,13,15,16). The second-order valence-electron chi connectivity index (χ2n) is 3.18. The van der Waals surface area contributed by atoms with Gasteiger partial charge >= 0.3 is 0 Å². The second kappa shape index (κ2) is 4.80. The highest BCUT2D eigenvalue weighted by atomic mass is 35.5. The van der Waals surface area contributed by atoms with E-state index in [9.17, 15) is 0 Å². The Morgan fingerprint density at radius 2 is 2.31 bits per heavy atom. The van der Waals surface area contributed by atoms with Crippen LogP contribution in [-0.4, -0.2) is 26.5 Å². The van der Waals surface area contributed by atoms with E-state index in [-0.39, 0.29) is 5.82 Å². The average molecular weight is 239 g/mol. The van der Waals surface area contributed by atoms with Gasteiger partial charge in [-0.25, -0.2) is 15.0 Å². The maximum atomic E-state index is 5.92. The number of nitrogen functional groups attached to an aromatic ring is 1. The van der Waals surface area contributed by atoms with Crippen LogP contribution in [0.25, 0.3) is 0 Å². The molecule has 0 aliphatic heterocycles. The summed E-state index contributed by atoms with van der Waals surface area (Å²) in [4.78, 5) is 14.7. The van der Waals surface area contributed by atoms with E-state index >= 15 is 0 Å². The summed E-state index contributed by atoms with van der Waals surface area (Å²) >= 11 is 5.92. The van der Waals surface area contributed by atoms with Crippen LogP contribution < -0.4 is 11.1 Å². The number of nitrogens with zero attached hydrogens (tertiary/aromatic N) is 3. The zero-order valence-corrected chi connectivity index (χ0v) is 9.20. The summed E-state index contributed by atoms with van der Waals surface area (Å²) in [5, 5.41) is 3.44. The van der Waals surface area contributed by atoms with Crippen molar-refractivity contribution in [2.75, 3.05) is 17.6 Å². The van der Waals surface area contributed by atoms with E-state index in [1.807, 2.05) is 0 Å².